The predicted molar refractivity (Wildman–Crippen MR) is 58.8 cm³/mol. The molecule has 0 heterocycles. The van der Waals surface area contributed by atoms with E-state index >= 15 is 0 Å². The highest BCUT2D eigenvalue weighted by molar-refractivity contribution is 5.67. The monoisotopic (exact) mass is 214 g/mol. The van der Waals surface area contributed by atoms with Crippen LogP contribution in [0.25, 0.3) is 0 Å². The fraction of sp³-hybridized carbons (Fsp3) is 0.917. The first-order valence-electron chi connectivity index (χ1n) is 5.91. The largest absolute Gasteiger partial charge is 0.481 e. The van der Waals surface area contributed by atoms with E-state index in [1.807, 2.05) is 0 Å². The average molecular weight is 214 g/mol. The molecule has 0 spiro atoms. The molecular formula is C12H22O3. The number of carboxylic acid groups (broad SMARTS) is 1. The molecule has 15 heavy (non-hydrogen) atoms. The quantitative estimate of drug-likeness (QED) is 0.765. The van der Waals surface area contributed by atoms with Crippen molar-refractivity contribution in [2.45, 2.75) is 52.1 Å². The van der Waals surface area contributed by atoms with E-state index in [1.54, 1.807) is 0 Å². The Morgan fingerprint density at radius 3 is 2.80 bits per heavy atom. The van der Waals surface area contributed by atoms with Crippen LogP contribution in [0.4, 0.5) is 0 Å². The zero-order valence-electron chi connectivity index (χ0n) is 9.74. The summed E-state index contributed by atoms with van der Waals surface area (Å²) in [4.78, 5) is 10.6. The van der Waals surface area contributed by atoms with Crippen LogP contribution in [0.3, 0.4) is 0 Å². The molecule has 0 radical (unpaired) electrons. The second-order valence-corrected chi connectivity index (χ2v) is 4.98. The summed E-state index contributed by atoms with van der Waals surface area (Å²) in [5.74, 6) is 0.211. The van der Waals surface area contributed by atoms with Gasteiger partial charge in [0, 0.05) is 13.0 Å². The Morgan fingerprint density at radius 2 is 2.20 bits per heavy atom. The van der Waals surface area contributed by atoms with E-state index in [0.29, 0.717) is 24.4 Å². The molecule has 1 saturated carbocycles. The summed E-state index contributed by atoms with van der Waals surface area (Å²) in [6.45, 7) is 5.07. The summed E-state index contributed by atoms with van der Waals surface area (Å²) < 4.78 is 5.76. The summed E-state index contributed by atoms with van der Waals surface area (Å²) in [6.07, 6.45) is 4.79. The van der Waals surface area contributed by atoms with Crippen molar-refractivity contribution in [3.8, 4) is 0 Å². The molecule has 2 unspecified atom stereocenters. The van der Waals surface area contributed by atoms with Gasteiger partial charge in [0.25, 0.3) is 0 Å². The number of carbonyl (C=O) groups is 1. The van der Waals surface area contributed by atoms with E-state index in [2.05, 4.69) is 13.8 Å². The van der Waals surface area contributed by atoms with Gasteiger partial charge >= 0.3 is 5.97 Å². The van der Waals surface area contributed by atoms with Gasteiger partial charge in [0.15, 0.2) is 0 Å². The number of hydrogen-bond donors (Lipinski definition) is 1. The normalized spacial score (nSPS) is 26.9. The van der Waals surface area contributed by atoms with Gasteiger partial charge in [-0.1, -0.05) is 20.3 Å². The van der Waals surface area contributed by atoms with Crippen molar-refractivity contribution in [2.75, 3.05) is 6.61 Å². The highest BCUT2D eigenvalue weighted by atomic mass is 16.5. The lowest BCUT2D eigenvalue weighted by Crippen LogP contribution is -2.25. The van der Waals surface area contributed by atoms with Gasteiger partial charge in [-0.05, 0) is 31.1 Å². The maximum absolute atomic E-state index is 10.6. The molecule has 0 amide bonds. The van der Waals surface area contributed by atoms with Gasteiger partial charge in [-0.2, -0.15) is 0 Å². The molecule has 1 aliphatic carbocycles. The van der Waals surface area contributed by atoms with Crippen LogP contribution in [-0.2, 0) is 9.53 Å². The Bertz CT molecular complexity index is 201. The molecule has 0 aromatic rings. The van der Waals surface area contributed by atoms with E-state index in [1.165, 1.54) is 0 Å². The van der Waals surface area contributed by atoms with Crippen molar-refractivity contribution >= 4 is 5.97 Å². The number of rotatable bonds is 5. The molecule has 0 bridgehead atoms. The lowest BCUT2D eigenvalue weighted by Gasteiger charge is -2.28. The van der Waals surface area contributed by atoms with E-state index in [-0.39, 0.29) is 0 Å². The van der Waals surface area contributed by atoms with E-state index in [4.69, 9.17) is 9.84 Å². The second kappa shape index (κ2) is 6.11. The molecule has 3 nitrogen and oxygen atoms in total. The zero-order valence-corrected chi connectivity index (χ0v) is 9.74. The van der Waals surface area contributed by atoms with Crippen molar-refractivity contribution < 1.29 is 14.6 Å². The number of aliphatic carboxylic acids is 1. The molecule has 0 aromatic heterocycles. The summed E-state index contributed by atoms with van der Waals surface area (Å²) in [7, 11) is 0. The molecule has 1 N–H and O–H groups in total. The third-order valence-corrected chi connectivity index (χ3v) is 2.86. The summed E-state index contributed by atoms with van der Waals surface area (Å²) in [6, 6.07) is 0. The van der Waals surface area contributed by atoms with E-state index < -0.39 is 5.97 Å². The summed E-state index contributed by atoms with van der Waals surface area (Å²) in [5, 5.41) is 8.73. The van der Waals surface area contributed by atoms with E-state index in [9.17, 15) is 4.79 Å². The summed E-state index contributed by atoms with van der Waals surface area (Å²) in [5.41, 5.74) is 0. The van der Waals surface area contributed by atoms with Gasteiger partial charge in [-0.15, -0.1) is 0 Å². The highest BCUT2D eigenvalue weighted by Gasteiger charge is 2.24. The van der Waals surface area contributed by atoms with Gasteiger partial charge < -0.3 is 9.84 Å². The molecule has 0 aromatic carbocycles. The van der Waals surface area contributed by atoms with Crippen molar-refractivity contribution in [1.29, 1.82) is 0 Å². The molecule has 1 aliphatic rings. The van der Waals surface area contributed by atoms with Crippen molar-refractivity contribution in [3.05, 3.63) is 0 Å². The van der Waals surface area contributed by atoms with Crippen LogP contribution >= 0.6 is 0 Å². The van der Waals surface area contributed by atoms with Crippen molar-refractivity contribution in [1.82, 2.24) is 0 Å². The maximum Gasteiger partial charge on any atom is 0.303 e. The minimum atomic E-state index is -0.676. The van der Waals surface area contributed by atoms with Crippen LogP contribution in [-0.4, -0.2) is 23.8 Å². The topological polar surface area (TPSA) is 46.5 Å². The van der Waals surface area contributed by atoms with Crippen LogP contribution in [0.5, 0.6) is 0 Å². The maximum atomic E-state index is 10.6. The number of hydrogen-bond acceptors (Lipinski definition) is 2. The molecule has 2 atom stereocenters. The third-order valence-electron chi connectivity index (χ3n) is 2.86. The number of ether oxygens (including phenoxy) is 1. The lowest BCUT2D eigenvalue weighted by molar-refractivity contribution is -0.138. The highest BCUT2D eigenvalue weighted by Crippen LogP contribution is 2.28. The number of carboxylic acids is 1. The SMILES string of the molecule is CC(C)COC1CCCC(CC(=O)O)C1. The standard InChI is InChI=1S/C12H22O3/c1-9(2)8-15-11-5-3-4-10(6-11)7-12(13)14/h9-11H,3-8H2,1-2H3,(H,13,14). The van der Waals surface area contributed by atoms with Crippen LogP contribution in [0.2, 0.25) is 0 Å². The fourth-order valence-corrected chi connectivity index (χ4v) is 2.15. The second-order valence-electron chi connectivity index (χ2n) is 4.98. The average Bonchev–Trinajstić information content (AvgIpc) is 2.14. The Morgan fingerprint density at radius 1 is 1.47 bits per heavy atom. The Balaban J connectivity index is 2.25. The molecule has 1 rings (SSSR count). The van der Waals surface area contributed by atoms with Gasteiger partial charge in [0.1, 0.15) is 0 Å². The zero-order chi connectivity index (χ0) is 11.3. The minimum absolute atomic E-state index is 0.297. The van der Waals surface area contributed by atoms with Crippen LogP contribution in [0, 0.1) is 11.8 Å². The van der Waals surface area contributed by atoms with Gasteiger partial charge in [-0.3, -0.25) is 4.79 Å². The molecule has 88 valence electrons. The predicted octanol–water partition coefficient (Wildman–Crippen LogP) is 2.69. The Hall–Kier alpha value is -0.570. The fourth-order valence-electron chi connectivity index (χ4n) is 2.15. The molecular weight excluding hydrogens is 192 g/mol. The van der Waals surface area contributed by atoms with Crippen LogP contribution in [0.15, 0.2) is 0 Å². The Kier molecular flexibility index (Phi) is 5.09. The molecule has 1 fully saturated rings. The van der Waals surface area contributed by atoms with Crippen LogP contribution < -0.4 is 0 Å². The smallest absolute Gasteiger partial charge is 0.303 e. The molecule has 0 saturated heterocycles. The first kappa shape index (κ1) is 12.5. The van der Waals surface area contributed by atoms with Gasteiger partial charge in [0.2, 0.25) is 0 Å². The minimum Gasteiger partial charge on any atom is -0.481 e. The third kappa shape index (κ3) is 5.17. The van der Waals surface area contributed by atoms with E-state index in [0.717, 1.165) is 32.3 Å². The molecule has 0 aliphatic heterocycles. The van der Waals surface area contributed by atoms with Crippen molar-refractivity contribution in [3.63, 3.8) is 0 Å². The van der Waals surface area contributed by atoms with Gasteiger partial charge in [0.05, 0.1) is 6.10 Å². The summed E-state index contributed by atoms with van der Waals surface area (Å²) >= 11 is 0. The van der Waals surface area contributed by atoms with Gasteiger partial charge in [-0.25, -0.2) is 0 Å². The van der Waals surface area contributed by atoms with Crippen molar-refractivity contribution in [2.24, 2.45) is 11.8 Å². The first-order chi connectivity index (χ1) is 7.08. The van der Waals surface area contributed by atoms with Crippen LogP contribution in [0.1, 0.15) is 46.0 Å². The first-order valence-corrected chi connectivity index (χ1v) is 5.91. The Labute approximate surface area is 91.8 Å². The molecule has 3 heteroatoms. The lowest BCUT2D eigenvalue weighted by atomic mass is 9.85.